The molecule has 2 N–H and O–H groups in total. The summed E-state index contributed by atoms with van der Waals surface area (Å²) < 4.78 is 5.61. The lowest BCUT2D eigenvalue weighted by Crippen LogP contribution is -2.49. The molecule has 0 spiro atoms. The van der Waals surface area contributed by atoms with Gasteiger partial charge >= 0.3 is 0 Å². The van der Waals surface area contributed by atoms with E-state index >= 15 is 0 Å². The smallest absolute Gasteiger partial charge is 0.0777 e. The number of nitrogens with zero attached hydrogens (tertiary/aromatic N) is 1. The molecule has 0 aromatic heterocycles. The Hall–Kier alpha value is -0.120. The van der Waals surface area contributed by atoms with Crippen molar-refractivity contribution in [3.05, 3.63) is 0 Å². The van der Waals surface area contributed by atoms with Crippen LogP contribution in [0.3, 0.4) is 0 Å². The molecule has 1 heterocycles. The molecule has 0 saturated carbocycles. The van der Waals surface area contributed by atoms with E-state index in [1.807, 2.05) is 7.11 Å². The lowest BCUT2D eigenvalue weighted by Gasteiger charge is -2.41. The van der Waals surface area contributed by atoms with Crippen LogP contribution >= 0.6 is 0 Å². The maximum atomic E-state index is 5.83. The van der Waals surface area contributed by atoms with Gasteiger partial charge in [-0.1, -0.05) is 13.8 Å². The van der Waals surface area contributed by atoms with Gasteiger partial charge in [-0.25, -0.2) is 0 Å². The highest BCUT2D eigenvalue weighted by Crippen LogP contribution is 2.25. The molecule has 0 amide bonds. The first-order valence-corrected chi connectivity index (χ1v) is 6.48. The van der Waals surface area contributed by atoms with Crippen LogP contribution in [-0.4, -0.2) is 43.8 Å². The van der Waals surface area contributed by atoms with E-state index in [0.29, 0.717) is 11.8 Å². The van der Waals surface area contributed by atoms with Gasteiger partial charge in [-0.2, -0.15) is 0 Å². The van der Waals surface area contributed by atoms with Crippen LogP contribution in [-0.2, 0) is 4.74 Å². The number of hydrogen-bond donors (Lipinski definition) is 1. The number of rotatable bonds is 5. The van der Waals surface area contributed by atoms with Gasteiger partial charge in [0.1, 0.15) is 0 Å². The van der Waals surface area contributed by atoms with Crippen molar-refractivity contribution in [1.29, 1.82) is 0 Å². The SMILES string of the molecule is COC1(C)CCCN(CC(CN)C(C)C)C1. The van der Waals surface area contributed by atoms with Crippen molar-refractivity contribution >= 4 is 0 Å². The average Bonchev–Trinajstić information content (AvgIpc) is 2.25. The largest absolute Gasteiger partial charge is 0.377 e. The highest BCUT2D eigenvalue weighted by molar-refractivity contribution is 4.85. The monoisotopic (exact) mass is 228 g/mol. The summed E-state index contributed by atoms with van der Waals surface area (Å²) >= 11 is 0. The molecule has 96 valence electrons. The average molecular weight is 228 g/mol. The van der Waals surface area contributed by atoms with Crippen molar-refractivity contribution in [3.8, 4) is 0 Å². The highest BCUT2D eigenvalue weighted by Gasteiger charge is 2.31. The first-order chi connectivity index (χ1) is 7.50. The minimum absolute atomic E-state index is 0.0500. The Kier molecular flexibility index (Phi) is 5.22. The van der Waals surface area contributed by atoms with Gasteiger partial charge in [0.15, 0.2) is 0 Å². The zero-order chi connectivity index (χ0) is 12.2. The summed E-state index contributed by atoms with van der Waals surface area (Å²) in [5.74, 6) is 1.28. The van der Waals surface area contributed by atoms with Crippen molar-refractivity contribution in [3.63, 3.8) is 0 Å². The molecule has 1 aliphatic rings. The van der Waals surface area contributed by atoms with E-state index in [1.54, 1.807) is 0 Å². The minimum Gasteiger partial charge on any atom is -0.377 e. The predicted molar refractivity (Wildman–Crippen MR) is 68.5 cm³/mol. The summed E-state index contributed by atoms with van der Waals surface area (Å²) in [6.07, 6.45) is 2.41. The molecule has 0 radical (unpaired) electrons. The van der Waals surface area contributed by atoms with Gasteiger partial charge in [0, 0.05) is 20.2 Å². The quantitative estimate of drug-likeness (QED) is 0.778. The fourth-order valence-corrected chi connectivity index (χ4v) is 2.52. The molecule has 2 atom stereocenters. The van der Waals surface area contributed by atoms with Crippen LogP contribution < -0.4 is 5.73 Å². The molecule has 1 aliphatic heterocycles. The standard InChI is InChI=1S/C13H28N2O/c1-11(2)12(8-14)9-15-7-5-6-13(3,10-15)16-4/h11-12H,5-10,14H2,1-4H3. The molecule has 1 fully saturated rings. The Balaban J connectivity index is 2.48. The van der Waals surface area contributed by atoms with E-state index < -0.39 is 0 Å². The molecule has 1 rings (SSSR count). The normalized spacial score (nSPS) is 29.6. The van der Waals surface area contributed by atoms with Crippen molar-refractivity contribution < 1.29 is 4.74 Å². The molecular formula is C13H28N2O. The maximum absolute atomic E-state index is 5.83. The van der Waals surface area contributed by atoms with Gasteiger partial charge in [0.2, 0.25) is 0 Å². The number of piperidine rings is 1. The maximum Gasteiger partial charge on any atom is 0.0777 e. The van der Waals surface area contributed by atoms with Crippen LogP contribution in [0.5, 0.6) is 0 Å². The Morgan fingerprint density at radius 3 is 2.62 bits per heavy atom. The molecule has 0 aromatic rings. The number of nitrogens with two attached hydrogens (primary N) is 1. The second kappa shape index (κ2) is 5.99. The summed E-state index contributed by atoms with van der Waals surface area (Å²) in [6, 6.07) is 0. The Bertz CT molecular complexity index is 208. The third-order valence-corrected chi connectivity index (χ3v) is 3.97. The lowest BCUT2D eigenvalue weighted by molar-refractivity contribution is -0.0546. The molecule has 3 heteroatoms. The van der Waals surface area contributed by atoms with Crippen molar-refractivity contribution in [2.75, 3.05) is 33.3 Å². The van der Waals surface area contributed by atoms with E-state index in [4.69, 9.17) is 10.5 Å². The van der Waals surface area contributed by atoms with Crippen LogP contribution in [0, 0.1) is 11.8 Å². The molecule has 0 aromatic carbocycles. The van der Waals surface area contributed by atoms with Crippen molar-refractivity contribution in [2.24, 2.45) is 17.6 Å². The lowest BCUT2D eigenvalue weighted by atomic mass is 9.91. The fourth-order valence-electron chi connectivity index (χ4n) is 2.52. The summed E-state index contributed by atoms with van der Waals surface area (Å²) in [6.45, 7) is 10.9. The van der Waals surface area contributed by atoms with Gasteiger partial charge in [-0.05, 0) is 44.7 Å². The first-order valence-electron chi connectivity index (χ1n) is 6.48. The number of ether oxygens (including phenoxy) is 1. The van der Waals surface area contributed by atoms with Crippen LogP contribution in [0.25, 0.3) is 0 Å². The topological polar surface area (TPSA) is 38.5 Å². The zero-order valence-corrected chi connectivity index (χ0v) is 11.3. The summed E-state index contributed by atoms with van der Waals surface area (Å²) in [7, 11) is 1.83. The zero-order valence-electron chi connectivity index (χ0n) is 11.3. The second-order valence-electron chi connectivity index (χ2n) is 5.73. The molecule has 3 nitrogen and oxygen atoms in total. The van der Waals surface area contributed by atoms with Crippen LogP contribution in [0.15, 0.2) is 0 Å². The molecule has 16 heavy (non-hydrogen) atoms. The van der Waals surface area contributed by atoms with E-state index in [9.17, 15) is 0 Å². The summed E-state index contributed by atoms with van der Waals surface area (Å²) in [5.41, 5.74) is 5.88. The van der Waals surface area contributed by atoms with E-state index in [0.717, 1.165) is 19.6 Å². The Morgan fingerprint density at radius 2 is 2.12 bits per heavy atom. The van der Waals surface area contributed by atoms with Gasteiger partial charge in [-0.3, -0.25) is 0 Å². The number of hydrogen-bond acceptors (Lipinski definition) is 3. The molecule has 0 bridgehead atoms. The van der Waals surface area contributed by atoms with Crippen molar-refractivity contribution in [1.82, 2.24) is 4.90 Å². The van der Waals surface area contributed by atoms with Crippen LogP contribution in [0.4, 0.5) is 0 Å². The fraction of sp³-hybridized carbons (Fsp3) is 1.00. The predicted octanol–water partition coefficient (Wildman–Crippen LogP) is 1.72. The second-order valence-corrected chi connectivity index (χ2v) is 5.73. The molecule has 2 unspecified atom stereocenters. The molecule has 0 aliphatic carbocycles. The van der Waals surface area contributed by atoms with E-state index in [2.05, 4.69) is 25.7 Å². The Labute approximate surface area is 100 Å². The van der Waals surface area contributed by atoms with Gasteiger partial charge in [-0.15, -0.1) is 0 Å². The number of likely N-dealkylation sites (tertiary alicyclic amines) is 1. The first kappa shape index (κ1) is 13.9. The third-order valence-electron chi connectivity index (χ3n) is 3.97. The molecular weight excluding hydrogens is 200 g/mol. The van der Waals surface area contributed by atoms with Gasteiger partial charge in [0.05, 0.1) is 5.60 Å². The highest BCUT2D eigenvalue weighted by atomic mass is 16.5. The van der Waals surface area contributed by atoms with E-state index in [-0.39, 0.29) is 5.60 Å². The number of methoxy groups -OCH3 is 1. The third kappa shape index (κ3) is 3.72. The molecule has 1 saturated heterocycles. The Morgan fingerprint density at radius 1 is 1.44 bits per heavy atom. The van der Waals surface area contributed by atoms with E-state index in [1.165, 1.54) is 19.4 Å². The van der Waals surface area contributed by atoms with Crippen molar-refractivity contribution in [2.45, 2.75) is 39.2 Å². The van der Waals surface area contributed by atoms with Gasteiger partial charge < -0.3 is 15.4 Å². The van der Waals surface area contributed by atoms with Crippen LogP contribution in [0.1, 0.15) is 33.6 Å². The van der Waals surface area contributed by atoms with Gasteiger partial charge in [0.25, 0.3) is 0 Å². The summed E-state index contributed by atoms with van der Waals surface area (Å²) in [4.78, 5) is 2.52. The minimum atomic E-state index is 0.0500. The van der Waals surface area contributed by atoms with Crippen LogP contribution in [0.2, 0.25) is 0 Å². The summed E-state index contributed by atoms with van der Waals surface area (Å²) in [5, 5.41) is 0.